The standard InChI is InChI=1S/C11H9ClN6O2S/c12-8-2-1-3-9(18-11(19)13-15-16-18)7(8)6-20-10-4-5-17(21)14-10/h1-5,21H,6H2,(H,13,16,19). The summed E-state index contributed by atoms with van der Waals surface area (Å²) >= 11 is 10.2. The second kappa shape index (κ2) is 5.62. The Hall–Kier alpha value is -2.26. The molecule has 1 aromatic carbocycles. The topological polar surface area (TPSA) is 90.6 Å². The van der Waals surface area contributed by atoms with Crippen molar-refractivity contribution in [2.45, 2.75) is 6.61 Å². The second-order valence-electron chi connectivity index (χ2n) is 4.02. The van der Waals surface area contributed by atoms with Crippen molar-refractivity contribution in [1.82, 2.24) is 29.4 Å². The quantitative estimate of drug-likeness (QED) is 0.701. The minimum atomic E-state index is -0.460. The van der Waals surface area contributed by atoms with E-state index in [0.717, 1.165) is 4.68 Å². The zero-order valence-corrected chi connectivity index (χ0v) is 12.1. The van der Waals surface area contributed by atoms with E-state index in [1.165, 1.54) is 4.09 Å². The van der Waals surface area contributed by atoms with Crippen molar-refractivity contribution in [3.8, 4) is 11.6 Å². The third-order valence-corrected chi connectivity index (χ3v) is 3.29. The Kier molecular flexibility index (Phi) is 3.67. The van der Waals surface area contributed by atoms with Gasteiger partial charge < -0.3 is 4.74 Å². The summed E-state index contributed by atoms with van der Waals surface area (Å²) < 4.78 is 7.97. The number of H-pyrrole nitrogens is 1. The molecule has 0 amide bonds. The summed E-state index contributed by atoms with van der Waals surface area (Å²) in [6.45, 7) is 0.124. The van der Waals surface area contributed by atoms with E-state index >= 15 is 0 Å². The summed E-state index contributed by atoms with van der Waals surface area (Å²) in [5.41, 5.74) is 0.633. The van der Waals surface area contributed by atoms with Gasteiger partial charge in [-0.25, -0.2) is 14.0 Å². The lowest BCUT2D eigenvalue weighted by Crippen LogP contribution is -2.18. The Morgan fingerprint density at radius 3 is 2.90 bits per heavy atom. The summed E-state index contributed by atoms with van der Waals surface area (Å²) in [4.78, 5) is 11.6. The highest BCUT2D eigenvalue weighted by atomic mass is 35.5. The van der Waals surface area contributed by atoms with Gasteiger partial charge >= 0.3 is 5.69 Å². The predicted molar refractivity (Wildman–Crippen MR) is 77.9 cm³/mol. The fourth-order valence-electron chi connectivity index (χ4n) is 1.77. The van der Waals surface area contributed by atoms with Crippen LogP contribution in [0.3, 0.4) is 0 Å². The maximum atomic E-state index is 11.6. The van der Waals surface area contributed by atoms with Crippen LogP contribution in [0, 0.1) is 0 Å². The molecule has 21 heavy (non-hydrogen) atoms. The molecule has 0 aliphatic rings. The minimum absolute atomic E-state index is 0.124. The van der Waals surface area contributed by atoms with E-state index in [9.17, 15) is 4.79 Å². The Labute approximate surface area is 128 Å². The number of halogens is 1. The zero-order chi connectivity index (χ0) is 14.8. The van der Waals surface area contributed by atoms with Crippen molar-refractivity contribution in [2.75, 3.05) is 0 Å². The average molecular weight is 325 g/mol. The number of rotatable bonds is 4. The van der Waals surface area contributed by atoms with E-state index in [1.807, 2.05) is 0 Å². The van der Waals surface area contributed by atoms with Gasteiger partial charge in [-0.2, -0.15) is 4.68 Å². The summed E-state index contributed by atoms with van der Waals surface area (Å²) in [7, 11) is 0. The van der Waals surface area contributed by atoms with Gasteiger partial charge in [-0.05, 0) is 35.4 Å². The van der Waals surface area contributed by atoms with Crippen LogP contribution >= 0.6 is 24.4 Å². The molecule has 10 heteroatoms. The van der Waals surface area contributed by atoms with E-state index < -0.39 is 5.69 Å². The monoisotopic (exact) mass is 324 g/mol. The third kappa shape index (κ3) is 2.78. The smallest absolute Gasteiger partial charge is 0.365 e. The Bertz CT molecular complexity index is 826. The van der Waals surface area contributed by atoms with Gasteiger partial charge in [0.2, 0.25) is 5.88 Å². The first-order valence-corrected chi connectivity index (χ1v) is 6.59. The maximum Gasteiger partial charge on any atom is 0.365 e. The molecule has 8 nitrogen and oxygen atoms in total. The molecule has 0 fully saturated rings. The van der Waals surface area contributed by atoms with Crippen molar-refractivity contribution in [2.24, 2.45) is 0 Å². The van der Waals surface area contributed by atoms with Crippen molar-refractivity contribution < 1.29 is 4.74 Å². The molecule has 2 heterocycles. The van der Waals surface area contributed by atoms with Gasteiger partial charge in [-0.15, -0.1) is 5.10 Å². The van der Waals surface area contributed by atoms with E-state index in [-0.39, 0.29) is 6.61 Å². The van der Waals surface area contributed by atoms with E-state index in [0.29, 0.717) is 22.2 Å². The van der Waals surface area contributed by atoms with Gasteiger partial charge in [0.1, 0.15) is 6.61 Å². The molecule has 0 radical (unpaired) electrons. The van der Waals surface area contributed by atoms with Crippen LogP contribution in [0.15, 0.2) is 35.3 Å². The Balaban J connectivity index is 1.94. The number of hydrogen-bond donors (Lipinski definition) is 2. The predicted octanol–water partition coefficient (Wildman–Crippen LogP) is 1.08. The van der Waals surface area contributed by atoms with Gasteiger partial charge in [-0.3, -0.25) is 0 Å². The van der Waals surface area contributed by atoms with Gasteiger partial charge in [0.25, 0.3) is 0 Å². The van der Waals surface area contributed by atoms with E-state index in [1.54, 1.807) is 30.5 Å². The van der Waals surface area contributed by atoms with Gasteiger partial charge in [0.05, 0.1) is 5.69 Å². The molecule has 0 saturated heterocycles. The number of ether oxygens (including phenoxy) is 1. The van der Waals surface area contributed by atoms with Crippen LogP contribution in [-0.2, 0) is 6.61 Å². The van der Waals surface area contributed by atoms with E-state index in [2.05, 4.69) is 33.4 Å². The molecule has 3 rings (SSSR count). The van der Waals surface area contributed by atoms with Crippen LogP contribution in [0.4, 0.5) is 0 Å². The summed E-state index contributed by atoms with van der Waals surface area (Å²) in [5.74, 6) is 0.392. The lowest BCUT2D eigenvalue weighted by Gasteiger charge is -2.10. The van der Waals surface area contributed by atoms with Crippen LogP contribution in [0.25, 0.3) is 5.69 Å². The van der Waals surface area contributed by atoms with Crippen LogP contribution < -0.4 is 10.4 Å². The highest BCUT2D eigenvalue weighted by Crippen LogP contribution is 2.23. The van der Waals surface area contributed by atoms with Gasteiger partial charge in [0, 0.05) is 22.8 Å². The number of benzene rings is 1. The first kappa shape index (κ1) is 13.7. The summed E-state index contributed by atoms with van der Waals surface area (Å²) in [5, 5.41) is 13.8. The normalized spacial score (nSPS) is 10.8. The van der Waals surface area contributed by atoms with Crippen LogP contribution in [0.1, 0.15) is 5.56 Å². The molecule has 108 valence electrons. The molecule has 0 bridgehead atoms. The number of thiol groups is 1. The first-order chi connectivity index (χ1) is 10.1. The SMILES string of the molecule is O=c1[nH]nnn1-c1cccc(Cl)c1COc1ccn(S)n1. The van der Waals surface area contributed by atoms with E-state index in [4.69, 9.17) is 16.3 Å². The van der Waals surface area contributed by atoms with Crippen molar-refractivity contribution >= 4 is 24.4 Å². The number of hydrogen-bond acceptors (Lipinski definition) is 6. The minimum Gasteiger partial charge on any atom is -0.472 e. The fraction of sp³-hybridized carbons (Fsp3) is 0.0909. The Morgan fingerprint density at radius 2 is 2.24 bits per heavy atom. The molecular weight excluding hydrogens is 316 g/mol. The van der Waals surface area contributed by atoms with Crippen LogP contribution in [0.5, 0.6) is 5.88 Å². The average Bonchev–Trinajstić information content (AvgIpc) is 3.06. The lowest BCUT2D eigenvalue weighted by atomic mass is 10.2. The first-order valence-electron chi connectivity index (χ1n) is 5.81. The summed E-state index contributed by atoms with van der Waals surface area (Å²) in [6.07, 6.45) is 1.63. The molecule has 0 aliphatic heterocycles. The third-order valence-electron chi connectivity index (χ3n) is 2.71. The van der Waals surface area contributed by atoms with Gasteiger partial charge in [-0.1, -0.05) is 17.7 Å². The number of tetrazole rings is 1. The number of aromatic nitrogens is 6. The molecule has 1 N–H and O–H groups in total. The molecule has 0 atom stereocenters. The molecule has 0 unspecified atom stereocenters. The van der Waals surface area contributed by atoms with Crippen LogP contribution in [0.2, 0.25) is 5.02 Å². The highest BCUT2D eigenvalue weighted by molar-refractivity contribution is 7.78. The molecule has 0 aliphatic carbocycles. The van der Waals surface area contributed by atoms with Crippen molar-refractivity contribution in [3.63, 3.8) is 0 Å². The summed E-state index contributed by atoms with van der Waals surface area (Å²) in [6, 6.07) is 6.77. The number of nitrogens with one attached hydrogen (secondary N) is 1. The zero-order valence-electron chi connectivity index (χ0n) is 10.5. The molecule has 0 spiro atoms. The van der Waals surface area contributed by atoms with Crippen LogP contribution in [-0.4, -0.2) is 29.4 Å². The maximum absolute atomic E-state index is 11.6. The second-order valence-corrected chi connectivity index (χ2v) is 4.84. The molecular formula is C11H9ClN6O2S. The molecule has 2 aromatic heterocycles. The molecule has 0 saturated carbocycles. The van der Waals surface area contributed by atoms with Crippen molar-refractivity contribution in [1.29, 1.82) is 0 Å². The largest absolute Gasteiger partial charge is 0.472 e. The highest BCUT2D eigenvalue weighted by Gasteiger charge is 2.13. The molecule has 3 aromatic rings. The Morgan fingerprint density at radius 1 is 1.38 bits per heavy atom. The number of nitrogens with zero attached hydrogens (tertiary/aromatic N) is 5. The fourth-order valence-corrected chi connectivity index (χ4v) is 2.14. The number of aromatic amines is 1. The van der Waals surface area contributed by atoms with Gasteiger partial charge in [0.15, 0.2) is 0 Å². The van der Waals surface area contributed by atoms with Crippen molar-refractivity contribution in [3.05, 3.63) is 51.5 Å². The lowest BCUT2D eigenvalue weighted by molar-refractivity contribution is 0.292.